The van der Waals surface area contributed by atoms with Crippen molar-refractivity contribution in [3.8, 4) is 0 Å². The summed E-state index contributed by atoms with van der Waals surface area (Å²) >= 11 is 1.66. The Labute approximate surface area is 114 Å². The first-order chi connectivity index (χ1) is 9.16. The van der Waals surface area contributed by atoms with Crippen molar-refractivity contribution < 1.29 is 4.79 Å². The molecule has 2 aromatic heterocycles. The summed E-state index contributed by atoms with van der Waals surface area (Å²) in [5, 5.41) is 6.02. The molecule has 0 aliphatic carbocycles. The van der Waals surface area contributed by atoms with E-state index in [1.54, 1.807) is 23.3 Å². The maximum absolute atomic E-state index is 12.3. The normalized spacial score (nSPS) is 18.2. The fourth-order valence-electron chi connectivity index (χ4n) is 2.17. The van der Waals surface area contributed by atoms with Crippen LogP contribution in [0.2, 0.25) is 0 Å². The molecule has 5 nitrogen and oxygen atoms in total. The van der Waals surface area contributed by atoms with Crippen LogP contribution in [0.3, 0.4) is 0 Å². The van der Waals surface area contributed by atoms with Gasteiger partial charge in [-0.3, -0.25) is 9.59 Å². The summed E-state index contributed by atoms with van der Waals surface area (Å²) in [6, 6.07) is 7.06. The highest BCUT2D eigenvalue weighted by Gasteiger charge is 2.35. The SMILES string of the molecule is Cn1nc(C(=O)N2CC[C@H]2c2cccs2)ccc1=O. The van der Waals surface area contributed by atoms with Crippen LogP contribution in [0.15, 0.2) is 34.4 Å². The fourth-order valence-corrected chi connectivity index (χ4v) is 3.04. The van der Waals surface area contributed by atoms with E-state index in [9.17, 15) is 9.59 Å². The molecule has 1 aliphatic heterocycles. The molecule has 6 heteroatoms. The maximum Gasteiger partial charge on any atom is 0.274 e. The van der Waals surface area contributed by atoms with Gasteiger partial charge in [-0.25, -0.2) is 4.68 Å². The third-order valence-electron chi connectivity index (χ3n) is 3.33. The number of carbonyl (C=O) groups is 1. The molecule has 0 saturated carbocycles. The van der Waals surface area contributed by atoms with E-state index < -0.39 is 0 Å². The van der Waals surface area contributed by atoms with Gasteiger partial charge < -0.3 is 4.90 Å². The Balaban J connectivity index is 1.84. The molecule has 1 amide bonds. The van der Waals surface area contributed by atoms with Crippen molar-refractivity contribution in [1.82, 2.24) is 14.7 Å². The van der Waals surface area contributed by atoms with Gasteiger partial charge in [-0.2, -0.15) is 5.10 Å². The van der Waals surface area contributed by atoms with Crippen LogP contribution in [0.1, 0.15) is 27.8 Å². The Morgan fingerprint density at radius 1 is 1.42 bits per heavy atom. The van der Waals surface area contributed by atoms with Crippen LogP contribution in [0.25, 0.3) is 0 Å². The number of rotatable bonds is 2. The zero-order chi connectivity index (χ0) is 13.4. The number of thiophene rings is 1. The van der Waals surface area contributed by atoms with E-state index >= 15 is 0 Å². The first-order valence-electron chi connectivity index (χ1n) is 6.05. The van der Waals surface area contributed by atoms with Crippen LogP contribution in [-0.4, -0.2) is 27.1 Å². The van der Waals surface area contributed by atoms with Crippen molar-refractivity contribution >= 4 is 17.2 Å². The van der Waals surface area contributed by atoms with Gasteiger partial charge in [0.25, 0.3) is 11.5 Å². The first-order valence-corrected chi connectivity index (χ1v) is 6.93. The minimum absolute atomic E-state index is 0.111. The number of aromatic nitrogens is 2. The Morgan fingerprint density at radius 3 is 2.84 bits per heavy atom. The van der Waals surface area contributed by atoms with Crippen LogP contribution in [0, 0.1) is 0 Å². The van der Waals surface area contributed by atoms with Gasteiger partial charge in [0.05, 0.1) is 6.04 Å². The number of likely N-dealkylation sites (tertiary alicyclic amines) is 1. The van der Waals surface area contributed by atoms with E-state index in [4.69, 9.17) is 0 Å². The fraction of sp³-hybridized carbons (Fsp3) is 0.308. The topological polar surface area (TPSA) is 55.2 Å². The van der Waals surface area contributed by atoms with Gasteiger partial charge in [0.2, 0.25) is 0 Å². The molecular formula is C13H13N3O2S. The summed E-state index contributed by atoms with van der Waals surface area (Å²) in [5.74, 6) is -0.111. The highest BCUT2D eigenvalue weighted by atomic mass is 32.1. The number of aryl methyl sites for hydroxylation is 1. The summed E-state index contributed by atoms with van der Waals surface area (Å²) < 4.78 is 1.19. The molecule has 0 bridgehead atoms. The number of amides is 1. The number of hydrogen-bond acceptors (Lipinski definition) is 4. The van der Waals surface area contributed by atoms with E-state index in [0.717, 1.165) is 13.0 Å². The molecule has 1 aliphatic rings. The van der Waals surface area contributed by atoms with Crippen molar-refractivity contribution in [2.24, 2.45) is 7.05 Å². The lowest BCUT2D eigenvalue weighted by molar-refractivity contribution is 0.0459. The quantitative estimate of drug-likeness (QED) is 0.833. The van der Waals surface area contributed by atoms with Crippen molar-refractivity contribution in [2.75, 3.05) is 6.54 Å². The molecule has 0 unspecified atom stereocenters. The monoisotopic (exact) mass is 275 g/mol. The van der Waals surface area contributed by atoms with Gasteiger partial charge in [0.1, 0.15) is 5.69 Å². The van der Waals surface area contributed by atoms with Gasteiger partial charge in [-0.05, 0) is 23.9 Å². The van der Waals surface area contributed by atoms with Crippen molar-refractivity contribution in [2.45, 2.75) is 12.5 Å². The van der Waals surface area contributed by atoms with Gasteiger partial charge >= 0.3 is 0 Å². The molecule has 2 aromatic rings. The van der Waals surface area contributed by atoms with E-state index in [1.165, 1.54) is 21.7 Å². The molecular weight excluding hydrogens is 262 g/mol. The highest BCUT2D eigenvalue weighted by Crippen LogP contribution is 2.36. The van der Waals surface area contributed by atoms with Crippen LogP contribution in [-0.2, 0) is 7.05 Å². The summed E-state index contributed by atoms with van der Waals surface area (Å²) in [7, 11) is 1.55. The Morgan fingerprint density at radius 2 is 2.26 bits per heavy atom. The maximum atomic E-state index is 12.3. The predicted molar refractivity (Wildman–Crippen MR) is 72.2 cm³/mol. The minimum atomic E-state index is -0.213. The second-order valence-corrected chi connectivity index (χ2v) is 5.48. The van der Waals surface area contributed by atoms with Crippen LogP contribution < -0.4 is 5.56 Å². The second kappa shape index (κ2) is 4.62. The summed E-state index contributed by atoms with van der Waals surface area (Å²) in [6.07, 6.45) is 0.984. The van der Waals surface area contributed by atoms with E-state index in [1.807, 2.05) is 17.5 Å². The van der Waals surface area contributed by atoms with Gasteiger partial charge in [0.15, 0.2) is 0 Å². The molecule has 98 valence electrons. The van der Waals surface area contributed by atoms with Gasteiger partial charge in [-0.1, -0.05) is 6.07 Å². The lowest BCUT2D eigenvalue weighted by Gasteiger charge is -2.40. The number of carbonyl (C=O) groups excluding carboxylic acids is 1. The largest absolute Gasteiger partial charge is 0.329 e. The average molecular weight is 275 g/mol. The Kier molecular flexibility index (Phi) is 2.94. The molecule has 1 saturated heterocycles. The summed E-state index contributed by atoms with van der Waals surface area (Å²) in [6.45, 7) is 0.742. The van der Waals surface area contributed by atoms with E-state index in [2.05, 4.69) is 5.10 Å². The molecule has 19 heavy (non-hydrogen) atoms. The number of nitrogens with zero attached hydrogens (tertiary/aromatic N) is 3. The van der Waals surface area contributed by atoms with Crippen molar-refractivity contribution in [3.05, 3.63) is 50.6 Å². The molecule has 3 heterocycles. The highest BCUT2D eigenvalue weighted by molar-refractivity contribution is 7.10. The second-order valence-electron chi connectivity index (χ2n) is 4.50. The van der Waals surface area contributed by atoms with Crippen LogP contribution in [0.5, 0.6) is 0 Å². The standard InChI is InChI=1S/C13H13N3O2S/c1-15-12(17)5-4-9(14-15)13(18)16-7-6-10(16)11-3-2-8-19-11/h2-5,8,10H,6-7H2,1H3/t10-/m0/s1. The third-order valence-corrected chi connectivity index (χ3v) is 4.31. The molecule has 0 aromatic carbocycles. The van der Waals surface area contributed by atoms with E-state index in [-0.39, 0.29) is 17.5 Å². The first kappa shape index (κ1) is 12.1. The molecule has 0 radical (unpaired) electrons. The Hall–Kier alpha value is -1.95. The number of hydrogen-bond donors (Lipinski definition) is 0. The Bertz CT molecular complexity index is 663. The lowest BCUT2D eigenvalue weighted by Crippen LogP contribution is -2.45. The molecule has 0 N–H and O–H groups in total. The minimum Gasteiger partial charge on any atom is -0.329 e. The smallest absolute Gasteiger partial charge is 0.274 e. The summed E-state index contributed by atoms with van der Waals surface area (Å²) in [5.41, 5.74) is 0.110. The average Bonchev–Trinajstić information content (AvgIpc) is 2.84. The zero-order valence-electron chi connectivity index (χ0n) is 10.4. The van der Waals surface area contributed by atoms with Crippen LogP contribution >= 0.6 is 11.3 Å². The summed E-state index contributed by atoms with van der Waals surface area (Å²) in [4.78, 5) is 26.6. The molecule has 3 rings (SSSR count). The zero-order valence-corrected chi connectivity index (χ0v) is 11.3. The lowest BCUT2D eigenvalue weighted by atomic mass is 10.0. The van der Waals surface area contributed by atoms with E-state index in [0.29, 0.717) is 5.69 Å². The molecule has 1 atom stereocenters. The predicted octanol–water partition coefficient (Wildman–Crippen LogP) is 1.43. The van der Waals surface area contributed by atoms with Crippen molar-refractivity contribution in [1.29, 1.82) is 0 Å². The van der Waals surface area contributed by atoms with Gasteiger partial charge in [-0.15, -0.1) is 11.3 Å². The third kappa shape index (κ3) is 2.08. The van der Waals surface area contributed by atoms with Crippen LogP contribution in [0.4, 0.5) is 0 Å². The molecule has 0 spiro atoms. The van der Waals surface area contributed by atoms with Crippen molar-refractivity contribution in [3.63, 3.8) is 0 Å². The molecule has 1 fully saturated rings. The van der Waals surface area contributed by atoms with Gasteiger partial charge in [0, 0.05) is 24.5 Å².